The van der Waals surface area contributed by atoms with Crippen LogP contribution in [0.1, 0.15) is 102 Å². The molecule has 1 aromatic heterocycles. The minimum Gasteiger partial charge on any atom is -0.427 e. The van der Waals surface area contributed by atoms with Crippen LogP contribution in [0.15, 0.2) is 27.4 Å². The first-order valence-corrected chi connectivity index (χ1v) is 12.5. The zero-order chi connectivity index (χ0) is 22.1. The topological polar surface area (TPSA) is 39.4 Å². The van der Waals surface area contributed by atoms with Gasteiger partial charge in [-0.05, 0) is 80.2 Å². The molecule has 3 rings (SSSR count). The van der Waals surface area contributed by atoms with E-state index < -0.39 is 5.63 Å². The SMILES string of the molecule is CCCCCCOCCCC1CCC(c2ccc3cc(CCC)oc(=O)c3c2F)CC1. The van der Waals surface area contributed by atoms with E-state index in [1.54, 1.807) is 0 Å². The fourth-order valence-electron chi connectivity index (χ4n) is 4.96. The maximum absolute atomic E-state index is 15.3. The number of rotatable bonds is 12. The van der Waals surface area contributed by atoms with Crippen molar-refractivity contribution in [3.63, 3.8) is 0 Å². The smallest absolute Gasteiger partial charge is 0.346 e. The normalized spacial score (nSPS) is 19.2. The van der Waals surface area contributed by atoms with Gasteiger partial charge in [0.05, 0.1) is 0 Å². The third kappa shape index (κ3) is 6.65. The molecule has 1 aliphatic carbocycles. The number of halogens is 1. The van der Waals surface area contributed by atoms with Crippen molar-refractivity contribution < 1.29 is 13.5 Å². The van der Waals surface area contributed by atoms with Gasteiger partial charge in [-0.3, -0.25) is 0 Å². The van der Waals surface area contributed by atoms with Gasteiger partial charge in [0, 0.05) is 19.6 Å². The average molecular weight is 431 g/mol. The molecule has 0 spiro atoms. The summed E-state index contributed by atoms with van der Waals surface area (Å²) < 4.78 is 26.4. The molecule has 0 bridgehead atoms. The summed E-state index contributed by atoms with van der Waals surface area (Å²) in [5, 5.41) is 0.778. The number of fused-ring (bicyclic) bond motifs is 1. The highest BCUT2D eigenvalue weighted by molar-refractivity contribution is 5.83. The first-order chi connectivity index (χ1) is 15.1. The molecule has 0 N–H and O–H groups in total. The third-order valence-electron chi connectivity index (χ3n) is 6.77. The van der Waals surface area contributed by atoms with Gasteiger partial charge < -0.3 is 9.15 Å². The lowest BCUT2D eigenvalue weighted by atomic mass is 9.77. The van der Waals surface area contributed by atoms with Crippen molar-refractivity contribution in [3.05, 3.63) is 45.8 Å². The number of ether oxygens (including phenoxy) is 1. The second kappa shape index (κ2) is 12.4. The Bertz CT molecular complexity index is 865. The van der Waals surface area contributed by atoms with Crippen molar-refractivity contribution in [2.24, 2.45) is 5.92 Å². The molecule has 0 radical (unpaired) electrons. The van der Waals surface area contributed by atoms with Crippen LogP contribution in [0.5, 0.6) is 0 Å². The number of benzene rings is 1. The molecule has 0 atom stereocenters. The van der Waals surface area contributed by atoms with Crippen LogP contribution in [0, 0.1) is 11.7 Å². The van der Waals surface area contributed by atoms with Gasteiger partial charge >= 0.3 is 5.63 Å². The van der Waals surface area contributed by atoms with Gasteiger partial charge in [-0.1, -0.05) is 45.2 Å². The lowest BCUT2D eigenvalue weighted by Gasteiger charge is -2.29. The molecule has 1 aromatic carbocycles. The van der Waals surface area contributed by atoms with Crippen LogP contribution < -0.4 is 5.63 Å². The molecular weight excluding hydrogens is 391 g/mol. The van der Waals surface area contributed by atoms with Crippen molar-refractivity contribution >= 4 is 10.8 Å². The lowest BCUT2D eigenvalue weighted by Crippen LogP contribution is -2.16. The van der Waals surface area contributed by atoms with Crippen molar-refractivity contribution in [1.82, 2.24) is 0 Å². The van der Waals surface area contributed by atoms with Gasteiger partial charge in [-0.25, -0.2) is 9.18 Å². The molecule has 4 heteroatoms. The molecular formula is C27H39FO3. The molecule has 1 fully saturated rings. The Labute approximate surface area is 186 Å². The molecule has 1 saturated carbocycles. The highest BCUT2D eigenvalue weighted by atomic mass is 19.1. The monoisotopic (exact) mass is 430 g/mol. The van der Waals surface area contributed by atoms with E-state index in [1.807, 2.05) is 25.1 Å². The van der Waals surface area contributed by atoms with Crippen molar-refractivity contribution in [2.75, 3.05) is 13.2 Å². The van der Waals surface area contributed by atoms with Gasteiger partial charge in [0.1, 0.15) is 17.0 Å². The quantitative estimate of drug-likeness (QED) is 0.327. The van der Waals surface area contributed by atoms with Gasteiger partial charge in [0.2, 0.25) is 0 Å². The summed E-state index contributed by atoms with van der Waals surface area (Å²) in [7, 11) is 0. The lowest BCUT2D eigenvalue weighted by molar-refractivity contribution is 0.120. The first kappa shape index (κ1) is 24.0. The Morgan fingerprint density at radius 1 is 1.00 bits per heavy atom. The van der Waals surface area contributed by atoms with Crippen LogP contribution in [-0.4, -0.2) is 13.2 Å². The van der Waals surface area contributed by atoms with Crippen molar-refractivity contribution in [2.45, 2.75) is 96.8 Å². The maximum atomic E-state index is 15.3. The summed E-state index contributed by atoms with van der Waals surface area (Å²) in [6, 6.07) is 5.61. The Hall–Kier alpha value is -1.68. The van der Waals surface area contributed by atoms with Crippen molar-refractivity contribution in [1.29, 1.82) is 0 Å². The van der Waals surface area contributed by atoms with Crippen LogP contribution >= 0.6 is 0 Å². The van der Waals surface area contributed by atoms with E-state index >= 15 is 4.39 Å². The van der Waals surface area contributed by atoms with Crippen LogP contribution in [0.25, 0.3) is 10.8 Å². The molecule has 1 heterocycles. The van der Waals surface area contributed by atoms with Gasteiger partial charge in [0.15, 0.2) is 0 Å². The summed E-state index contributed by atoms with van der Waals surface area (Å²) >= 11 is 0. The second-order valence-electron chi connectivity index (χ2n) is 9.22. The van der Waals surface area contributed by atoms with E-state index in [9.17, 15) is 4.79 Å². The summed E-state index contributed by atoms with van der Waals surface area (Å²) in [4.78, 5) is 12.4. The van der Waals surface area contributed by atoms with Crippen molar-refractivity contribution in [3.8, 4) is 0 Å². The molecule has 0 unspecified atom stereocenters. The Morgan fingerprint density at radius 3 is 2.52 bits per heavy atom. The Kier molecular flexibility index (Phi) is 9.57. The van der Waals surface area contributed by atoms with Crippen LogP contribution in [0.3, 0.4) is 0 Å². The number of hydrogen-bond acceptors (Lipinski definition) is 3. The van der Waals surface area contributed by atoms with Gasteiger partial charge in [0.25, 0.3) is 0 Å². The predicted molar refractivity (Wildman–Crippen MR) is 125 cm³/mol. The van der Waals surface area contributed by atoms with E-state index in [4.69, 9.17) is 9.15 Å². The molecule has 172 valence electrons. The molecule has 2 aromatic rings. The summed E-state index contributed by atoms with van der Waals surface area (Å²) in [5.74, 6) is 1.18. The van der Waals surface area contributed by atoms with E-state index in [0.717, 1.165) is 51.7 Å². The zero-order valence-corrected chi connectivity index (χ0v) is 19.4. The predicted octanol–water partition coefficient (Wildman–Crippen LogP) is 7.54. The highest BCUT2D eigenvalue weighted by Gasteiger charge is 2.25. The second-order valence-corrected chi connectivity index (χ2v) is 9.22. The number of hydrogen-bond donors (Lipinski definition) is 0. The van der Waals surface area contributed by atoms with Crippen LogP contribution in [0.4, 0.5) is 4.39 Å². The average Bonchev–Trinajstić information content (AvgIpc) is 2.76. The summed E-state index contributed by atoms with van der Waals surface area (Å²) in [6.45, 7) is 6.01. The third-order valence-corrected chi connectivity index (χ3v) is 6.77. The van der Waals surface area contributed by atoms with E-state index in [1.165, 1.54) is 32.1 Å². The standard InChI is InChI=1S/C27H39FO3/c1-3-5-6-7-17-30-18-8-10-20-11-13-21(14-12-20)24-16-15-22-19-23(9-4-2)31-27(29)25(22)26(24)28/h15-16,19-21H,3-14,17-18H2,1-2H3. The van der Waals surface area contributed by atoms with Gasteiger partial charge in [-0.15, -0.1) is 0 Å². The number of aryl methyl sites for hydroxylation is 1. The molecule has 0 aliphatic heterocycles. The largest absolute Gasteiger partial charge is 0.427 e. The summed E-state index contributed by atoms with van der Waals surface area (Å²) in [5.41, 5.74) is 0.153. The van der Waals surface area contributed by atoms with Crippen LogP contribution in [-0.2, 0) is 11.2 Å². The van der Waals surface area contributed by atoms with E-state index in [2.05, 4.69) is 6.92 Å². The molecule has 3 nitrogen and oxygen atoms in total. The molecule has 0 saturated heterocycles. The Balaban J connectivity index is 1.49. The fraction of sp³-hybridized carbons (Fsp3) is 0.667. The Morgan fingerprint density at radius 2 is 1.77 bits per heavy atom. The first-order valence-electron chi connectivity index (χ1n) is 12.5. The number of unbranched alkanes of at least 4 members (excludes halogenated alkanes) is 3. The van der Waals surface area contributed by atoms with Crippen LogP contribution in [0.2, 0.25) is 0 Å². The highest BCUT2D eigenvalue weighted by Crippen LogP contribution is 2.39. The van der Waals surface area contributed by atoms with E-state index in [-0.39, 0.29) is 17.1 Å². The minimum atomic E-state index is -0.538. The molecule has 1 aliphatic rings. The zero-order valence-electron chi connectivity index (χ0n) is 19.4. The fourth-order valence-corrected chi connectivity index (χ4v) is 4.96. The molecule has 0 amide bonds. The minimum absolute atomic E-state index is 0.121. The van der Waals surface area contributed by atoms with Gasteiger partial charge in [-0.2, -0.15) is 0 Å². The maximum Gasteiger partial charge on any atom is 0.346 e. The molecule has 31 heavy (non-hydrogen) atoms. The summed E-state index contributed by atoms with van der Waals surface area (Å²) in [6.07, 6.45) is 13.2. The van der Waals surface area contributed by atoms with E-state index in [0.29, 0.717) is 29.0 Å².